The maximum atomic E-state index is 12.9. The third-order valence-corrected chi connectivity index (χ3v) is 8.40. The van der Waals surface area contributed by atoms with Crippen LogP contribution in [0.1, 0.15) is 62.1 Å². The van der Waals surface area contributed by atoms with Gasteiger partial charge in [0.25, 0.3) is 11.8 Å². The zero-order valence-electron chi connectivity index (χ0n) is 28.2. The highest BCUT2D eigenvalue weighted by Gasteiger charge is 2.31. The lowest BCUT2D eigenvalue weighted by atomic mass is 10.1. The summed E-state index contributed by atoms with van der Waals surface area (Å²) in [7, 11) is 0. The Morgan fingerprint density at radius 2 is 0.655 bits per heavy atom. The monoisotopic (exact) mass is 732 g/mol. The van der Waals surface area contributed by atoms with E-state index in [0.717, 1.165) is 0 Å². The molecule has 6 aromatic rings. The quantitative estimate of drug-likeness (QED) is 0.103. The first-order chi connectivity index (χ1) is 26.6. The molecule has 8 rings (SSSR count). The van der Waals surface area contributed by atoms with Crippen molar-refractivity contribution in [3.05, 3.63) is 167 Å². The molecule has 0 bridgehead atoms. The molecule has 0 radical (unpaired) electrons. The molecule has 2 amide bonds. The van der Waals surface area contributed by atoms with Gasteiger partial charge in [-0.3, -0.25) is 9.59 Å². The van der Waals surface area contributed by atoms with E-state index in [0.29, 0.717) is 57.0 Å². The van der Waals surface area contributed by atoms with Gasteiger partial charge in [-0.25, -0.2) is 19.2 Å². The lowest BCUT2D eigenvalue weighted by Gasteiger charge is -2.10. The number of benzene rings is 6. The van der Waals surface area contributed by atoms with Gasteiger partial charge in [-0.2, -0.15) is 0 Å². The highest BCUT2D eigenvalue weighted by Crippen LogP contribution is 2.31. The Kier molecular flexibility index (Phi) is 8.77. The Bertz CT molecular complexity index is 2370. The first-order valence-corrected chi connectivity index (χ1v) is 16.5. The highest BCUT2D eigenvalue weighted by molar-refractivity contribution is 6.15. The van der Waals surface area contributed by atoms with Crippen molar-refractivity contribution in [2.24, 2.45) is 0 Å². The summed E-state index contributed by atoms with van der Waals surface area (Å²) in [5.74, 6) is -0.935. The van der Waals surface area contributed by atoms with Crippen LogP contribution in [-0.4, -0.2) is 35.7 Å². The third kappa shape index (κ3) is 7.34. The van der Waals surface area contributed by atoms with Gasteiger partial charge in [0.15, 0.2) is 0 Å². The molecule has 0 aromatic heterocycles. The van der Waals surface area contributed by atoms with E-state index in [1.807, 2.05) is 0 Å². The van der Waals surface area contributed by atoms with Crippen molar-refractivity contribution < 1.29 is 52.5 Å². The van der Waals surface area contributed by atoms with Gasteiger partial charge in [0.2, 0.25) is 0 Å². The van der Waals surface area contributed by atoms with E-state index in [1.165, 1.54) is 24.3 Å². The second-order valence-corrected chi connectivity index (χ2v) is 12.1. The smallest absolute Gasteiger partial charge is 0.347 e. The van der Waals surface area contributed by atoms with Crippen molar-refractivity contribution in [2.45, 2.75) is 0 Å². The van der Waals surface area contributed by atoms with E-state index in [2.05, 4.69) is 20.1 Å². The standard InChI is InChI=1S/C42H24N2O11/c45-37(43-25-5-13-29(14-6-25)52-31-17-19-33-35(21-31)41(49)54-39(33)47)23-1-9-27(10-2-23)51-28-11-3-24(4-12-28)38(46)44-26-7-15-30(16-8-26)53-32-18-20-34-36(22-32)42(50)55-40(34)48/h1-22H,(H,43,45)(H,44,46). The van der Waals surface area contributed by atoms with Gasteiger partial charge in [-0.05, 0) is 133 Å². The van der Waals surface area contributed by atoms with Crippen molar-refractivity contribution in [1.82, 2.24) is 0 Å². The second kappa shape index (κ2) is 14.2. The minimum Gasteiger partial charge on any atom is -0.457 e. The van der Waals surface area contributed by atoms with Gasteiger partial charge in [-0.15, -0.1) is 0 Å². The predicted molar refractivity (Wildman–Crippen MR) is 194 cm³/mol. The van der Waals surface area contributed by atoms with E-state index in [4.69, 9.17) is 14.2 Å². The van der Waals surface area contributed by atoms with Crippen LogP contribution in [-0.2, 0) is 9.47 Å². The molecule has 13 heteroatoms. The number of cyclic esters (lactones) is 4. The molecule has 2 heterocycles. The zero-order chi connectivity index (χ0) is 38.1. The third-order valence-electron chi connectivity index (χ3n) is 8.40. The molecule has 2 N–H and O–H groups in total. The fourth-order valence-electron chi connectivity index (χ4n) is 5.63. The SMILES string of the molecule is O=C(Nc1ccc(Oc2ccc3c(c2)C(=O)OC3=O)cc1)c1ccc(Oc2ccc(C(=O)Nc3ccc(Oc4ccc5c(c4)C(=O)OC5=O)cc3)cc2)cc1. The molecule has 2 aliphatic heterocycles. The molecule has 0 aliphatic carbocycles. The van der Waals surface area contributed by atoms with Gasteiger partial charge in [0.05, 0.1) is 22.3 Å². The number of nitrogens with one attached hydrogen (secondary N) is 2. The molecular formula is C42H24N2O11. The van der Waals surface area contributed by atoms with E-state index in [1.54, 1.807) is 109 Å². The molecule has 6 aromatic carbocycles. The number of ether oxygens (including phenoxy) is 5. The van der Waals surface area contributed by atoms with Crippen LogP contribution < -0.4 is 24.8 Å². The topological polar surface area (TPSA) is 173 Å². The Balaban J connectivity index is 0.811. The predicted octanol–water partition coefficient (Wildman–Crippen LogP) is 8.19. The fourth-order valence-corrected chi connectivity index (χ4v) is 5.63. The summed E-state index contributed by atoms with van der Waals surface area (Å²) in [4.78, 5) is 72.7. The van der Waals surface area contributed by atoms with Gasteiger partial charge in [0, 0.05) is 22.5 Å². The van der Waals surface area contributed by atoms with Crippen LogP contribution in [0.2, 0.25) is 0 Å². The number of esters is 4. The number of hydrogen-bond donors (Lipinski definition) is 2. The Morgan fingerprint density at radius 3 is 1.02 bits per heavy atom. The maximum Gasteiger partial charge on any atom is 0.347 e. The number of hydrogen-bond acceptors (Lipinski definition) is 11. The number of carbonyl (C=O) groups excluding carboxylic acids is 6. The van der Waals surface area contributed by atoms with Crippen LogP contribution in [0.3, 0.4) is 0 Å². The average Bonchev–Trinajstić information content (AvgIpc) is 3.64. The van der Waals surface area contributed by atoms with E-state index in [9.17, 15) is 28.8 Å². The Hall–Kier alpha value is -8.06. The molecule has 0 unspecified atom stereocenters. The Morgan fingerprint density at radius 1 is 0.364 bits per heavy atom. The lowest BCUT2D eigenvalue weighted by Crippen LogP contribution is -2.11. The summed E-state index contributed by atoms with van der Waals surface area (Å²) in [5.41, 5.74) is 2.50. The van der Waals surface area contributed by atoms with Crippen molar-refractivity contribution in [1.29, 1.82) is 0 Å². The zero-order valence-corrected chi connectivity index (χ0v) is 28.2. The number of carbonyl (C=O) groups is 6. The van der Waals surface area contributed by atoms with Gasteiger partial charge < -0.3 is 34.3 Å². The lowest BCUT2D eigenvalue weighted by molar-refractivity contribution is 0.0425. The van der Waals surface area contributed by atoms with Crippen LogP contribution >= 0.6 is 0 Å². The molecule has 0 fully saturated rings. The average molecular weight is 733 g/mol. The van der Waals surface area contributed by atoms with Gasteiger partial charge in [0.1, 0.15) is 34.5 Å². The van der Waals surface area contributed by atoms with Crippen LogP contribution in [0.5, 0.6) is 34.5 Å². The minimum atomic E-state index is -0.721. The summed E-state index contributed by atoms with van der Waals surface area (Å²) >= 11 is 0. The van der Waals surface area contributed by atoms with Crippen LogP contribution in [0.25, 0.3) is 0 Å². The fraction of sp³-hybridized carbons (Fsp3) is 0. The maximum absolute atomic E-state index is 12.9. The largest absolute Gasteiger partial charge is 0.457 e. The first-order valence-electron chi connectivity index (χ1n) is 16.5. The van der Waals surface area contributed by atoms with Gasteiger partial charge >= 0.3 is 23.9 Å². The first kappa shape index (κ1) is 34.0. The number of anilines is 2. The van der Waals surface area contributed by atoms with E-state index < -0.39 is 23.9 Å². The summed E-state index contributed by atoms with van der Waals surface area (Å²) in [6.07, 6.45) is 0. The van der Waals surface area contributed by atoms with Crippen molar-refractivity contribution in [2.75, 3.05) is 10.6 Å². The van der Waals surface area contributed by atoms with Crippen LogP contribution in [0.15, 0.2) is 133 Å². The number of rotatable bonds is 10. The van der Waals surface area contributed by atoms with Crippen molar-refractivity contribution in [3.63, 3.8) is 0 Å². The molecule has 268 valence electrons. The Labute approximate surface area is 311 Å². The van der Waals surface area contributed by atoms with E-state index >= 15 is 0 Å². The normalized spacial score (nSPS) is 12.6. The second-order valence-electron chi connectivity index (χ2n) is 12.1. The molecule has 13 nitrogen and oxygen atoms in total. The molecule has 0 atom stereocenters. The van der Waals surface area contributed by atoms with Crippen molar-refractivity contribution >= 4 is 47.1 Å². The van der Waals surface area contributed by atoms with Crippen LogP contribution in [0.4, 0.5) is 11.4 Å². The molecule has 0 spiro atoms. The van der Waals surface area contributed by atoms with Crippen LogP contribution in [0, 0.1) is 0 Å². The molecule has 2 aliphatic rings. The summed E-state index contributed by atoms with van der Waals surface area (Å²) in [6, 6.07) is 35.3. The van der Waals surface area contributed by atoms with E-state index in [-0.39, 0.29) is 34.1 Å². The summed E-state index contributed by atoms with van der Waals surface area (Å²) in [5, 5.41) is 5.64. The molecule has 55 heavy (non-hydrogen) atoms. The van der Waals surface area contributed by atoms with Gasteiger partial charge in [-0.1, -0.05) is 0 Å². The molecular weight excluding hydrogens is 708 g/mol. The molecule has 0 saturated carbocycles. The minimum absolute atomic E-state index is 0.141. The summed E-state index contributed by atoms with van der Waals surface area (Å²) < 4.78 is 26.7. The molecule has 0 saturated heterocycles. The highest BCUT2D eigenvalue weighted by atomic mass is 16.6. The number of amides is 2. The number of fused-ring (bicyclic) bond motifs is 2. The summed E-state index contributed by atoms with van der Waals surface area (Å²) in [6.45, 7) is 0. The van der Waals surface area contributed by atoms with Crippen molar-refractivity contribution in [3.8, 4) is 34.5 Å².